The average Bonchev–Trinajstić information content (AvgIpc) is 2.59. The van der Waals surface area contributed by atoms with Gasteiger partial charge in [0.2, 0.25) is 0 Å². The molecule has 0 aromatic heterocycles. The second kappa shape index (κ2) is 8.89. The number of non-ortho nitro benzene ring substituents is 1. The van der Waals surface area contributed by atoms with Crippen LogP contribution in [-0.4, -0.2) is 24.0 Å². The molecule has 0 spiro atoms. The summed E-state index contributed by atoms with van der Waals surface area (Å²) in [5.74, 6) is 0.478. The number of nitro groups is 1. The Bertz CT molecular complexity index is 749. The molecule has 0 heterocycles. The fourth-order valence-corrected chi connectivity index (χ4v) is 2.11. The highest BCUT2D eigenvalue weighted by Gasteiger charge is 2.10. The molecule has 1 amide bonds. The van der Waals surface area contributed by atoms with Crippen molar-refractivity contribution in [3.8, 4) is 11.5 Å². The van der Waals surface area contributed by atoms with E-state index < -0.39 is 10.8 Å². The molecule has 25 heavy (non-hydrogen) atoms. The SMILES string of the molecule is CCCOc1ccc(Cl)cc1NC(=O)COc1ccc([N+](=O)[O-])cc1. The topological polar surface area (TPSA) is 90.7 Å². The zero-order valence-electron chi connectivity index (χ0n) is 13.5. The van der Waals surface area contributed by atoms with Gasteiger partial charge in [-0.25, -0.2) is 0 Å². The summed E-state index contributed by atoms with van der Waals surface area (Å²) in [5.41, 5.74) is 0.409. The quantitative estimate of drug-likeness (QED) is 0.563. The van der Waals surface area contributed by atoms with E-state index >= 15 is 0 Å². The van der Waals surface area contributed by atoms with Crippen molar-refractivity contribution in [2.45, 2.75) is 13.3 Å². The zero-order chi connectivity index (χ0) is 18.2. The number of carbonyl (C=O) groups is 1. The molecule has 2 aromatic rings. The van der Waals surface area contributed by atoms with E-state index in [-0.39, 0.29) is 12.3 Å². The van der Waals surface area contributed by atoms with Crippen LogP contribution in [0.3, 0.4) is 0 Å². The summed E-state index contributed by atoms with van der Waals surface area (Å²) in [6, 6.07) is 10.4. The van der Waals surface area contributed by atoms with Gasteiger partial charge in [0.15, 0.2) is 6.61 Å². The average molecular weight is 365 g/mol. The number of hydrogen-bond acceptors (Lipinski definition) is 5. The Balaban J connectivity index is 1.95. The normalized spacial score (nSPS) is 10.2. The molecule has 0 radical (unpaired) electrons. The van der Waals surface area contributed by atoms with E-state index in [1.54, 1.807) is 18.2 Å². The lowest BCUT2D eigenvalue weighted by Crippen LogP contribution is -2.20. The van der Waals surface area contributed by atoms with Crippen LogP contribution in [0.15, 0.2) is 42.5 Å². The highest BCUT2D eigenvalue weighted by molar-refractivity contribution is 6.31. The molecular weight excluding hydrogens is 348 g/mol. The van der Waals surface area contributed by atoms with Crippen LogP contribution in [0.25, 0.3) is 0 Å². The number of benzene rings is 2. The molecule has 2 aromatic carbocycles. The summed E-state index contributed by atoms with van der Waals surface area (Å²) in [5, 5.41) is 13.7. The monoisotopic (exact) mass is 364 g/mol. The molecule has 0 aliphatic heterocycles. The van der Waals surface area contributed by atoms with Crippen LogP contribution < -0.4 is 14.8 Å². The van der Waals surface area contributed by atoms with Crippen molar-refractivity contribution >= 4 is 28.9 Å². The number of hydrogen-bond donors (Lipinski definition) is 1. The van der Waals surface area contributed by atoms with Gasteiger partial charge in [0, 0.05) is 17.2 Å². The third kappa shape index (κ3) is 5.65. The van der Waals surface area contributed by atoms with Gasteiger partial charge in [0.25, 0.3) is 11.6 Å². The number of rotatable bonds is 8. The highest BCUT2D eigenvalue weighted by atomic mass is 35.5. The lowest BCUT2D eigenvalue weighted by Gasteiger charge is -2.13. The summed E-state index contributed by atoms with van der Waals surface area (Å²) >= 11 is 5.95. The van der Waals surface area contributed by atoms with Crippen LogP contribution in [0.5, 0.6) is 11.5 Å². The first-order valence-electron chi connectivity index (χ1n) is 7.59. The molecule has 0 atom stereocenters. The number of ether oxygens (including phenoxy) is 2. The molecule has 0 aliphatic carbocycles. The van der Waals surface area contributed by atoms with Crippen LogP contribution in [0.2, 0.25) is 5.02 Å². The first-order valence-corrected chi connectivity index (χ1v) is 7.97. The van der Waals surface area contributed by atoms with Crippen LogP contribution in [0.1, 0.15) is 13.3 Å². The van der Waals surface area contributed by atoms with Crippen molar-refractivity contribution in [2.75, 3.05) is 18.5 Å². The van der Waals surface area contributed by atoms with Gasteiger partial charge in [-0.2, -0.15) is 0 Å². The molecule has 1 N–H and O–H groups in total. The number of amides is 1. The van der Waals surface area contributed by atoms with Gasteiger partial charge in [-0.15, -0.1) is 0 Å². The van der Waals surface area contributed by atoms with Crippen molar-refractivity contribution in [1.29, 1.82) is 0 Å². The molecular formula is C17H17ClN2O5. The van der Waals surface area contributed by atoms with Crippen molar-refractivity contribution < 1.29 is 19.2 Å². The zero-order valence-corrected chi connectivity index (χ0v) is 14.3. The number of nitrogens with one attached hydrogen (secondary N) is 1. The van der Waals surface area contributed by atoms with Gasteiger partial charge in [-0.1, -0.05) is 18.5 Å². The lowest BCUT2D eigenvalue weighted by atomic mass is 10.3. The Morgan fingerprint density at radius 1 is 1.20 bits per heavy atom. The van der Waals surface area contributed by atoms with E-state index in [9.17, 15) is 14.9 Å². The minimum Gasteiger partial charge on any atom is -0.491 e. The van der Waals surface area contributed by atoms with Crippen molar-refractivity contribution in [1.82, 2.24) is 0 Å². The smallest absolute Gasteiger partial charge is 0.269 e. The van der Waals surface area contributed by atoms with Gasteiger partial charge in [0.1, 0.15) is 11.5 Å². The van der Waals surface area contributed by atoms with E-state index in [1.807, 2.05) is 6.92 Å². The molecule has 8 heteroatoms. The Labute approximate surface area is 149 Å². The number of carbonyl (C=O) groups excluding carboxylic acids is 1. The van der Waals surface area contributed by atoms with Crippen molar-refractivity contribution in [3.63, 3.8) is 0 Å². The fourth-order valence-electron chi connectivity index (χ4n) is 1.94. The van der Waals surface area contributed by atoms with Gasteiger partial charge in [-0.3, -0.25) is 14.9 Å². The predicted octanol–water partition coefficient (Wildman–Crippen LogP) is 4.05. The fraction of sp³-hybridized carbons (Fsp3) is 0.235. The molecule has 0 bridgehead atoms. The second-order valence-electron chi connectivity index (χ2n) is 5.08. The summed E-state index contributed by atoms with van der Waals surface area (Å²) in [7, 11) is 0. The Morgan fingerprint density at radius 3 is 2.56 bits per heavy atom. The van der Waals surface area contributed by atoms with Crippen LogP contribution in [-0.2, 0) is 4.79 Å². The molecule has 0 aliphatic rings. The van der Waals surface area contributed by atoms with Crippen molar-refractivity contribution in [2.24, 2.45) is 0 Å². The molecule has 0 saturated carbocycles. The largest absolute Gasteiger partial charge is 0.491 e. The Hall–Kier alpha value is -2.80. The first kappa shape index (κ1) is 18.5. The van der Waals surface area contributed by atoms with Crippen LogP contribution in [0, 0.1) is 10.1 Å². The van der Waals surface area contributed by atoms with Gasteiger partial charge >= 0.3 is 0 Å². The summed E-state index contributed by atoms with van der Waals surface area (Å²) in [4.78, 5) is 22.1. The number of halogens is 1. The Morgan fingerprint density at radius 2 is 1.92 bits per heavy atom. The molecule has 132 valence electrons. The summed E-state index contributed by atoms with van der Waals surface area (Å²) in [6.45, 7) is 2.24. The standard InChI is InChI=1S/C17H17ClN2O5/c1-2-9-24-16-8-3-12(18)10-15(16)19-17(21)11-25-14-6-4-13(5-7-14)20(22)23/h3-8,10H,2,9,11H2,1H3,(H,19,21). The van der Waals surface area contributed by atoms with Gasteiger partial charge < -0.3 is 14.8 Å². The number of anilines is 1. The Kier molecular flexibility index (Phi) is 6.59. The van der Waals surface area contributed by atoms with Crippen LogP contribution in [0.4, 0.5) is 11.4 Å². The second-order valence-corrected chi connectivity index (χ2v) is 5.51. The minimum absolute atomic E-state index is 0.0477. The lowest BCUT2D eigenvalue weighted by molar-refractivity contribution is -0.384. The third-order valence-corrected chi connectivity index (χ3v) is 3.33. The van der Waals surface area contributed by atoms with E-state index in [0.29, 0.717) is 28.8 Å². The maximum Gasteiger partial charge on any atom is 0.269 e. The molecule has 0 unspecified atom stereocenters. The molecule has 0 fully saturated rings. The van der Waals surface area contributed by atoms with E-state index in [4.69, 9.17) is 21.1 Å². The van der Waals surface area contributed by atoms with E-state index in [2.05, 4.69) is 5.32 Å². The number of nitro benzene ring substituents is 1. The highest BCUT2D eigenvalue weighted by Crippen LogP contribution is 2.28. The first-order chi connectivity index (χ1) is 12.0. The maximum absolute atomic E-state index is 12.1. The summed E-state index contributed by atoms with van der Waals surface area (Å²) < 4.78 is 10.9. The van der Waals surface area contributed by atoms with Crippen LogP contribution >= 0.6 is 11.6 Å². The minimum atomic E-state index is -0.506. The maximum atomic E-state index is 12.1. The van der Waals surface area contributed by atoms with Crippen molar-refractivity contribution in [3.05, 3.63) is 57.6 Å². The molecule has 2 rings (SSSR count). The summed E-state index contributed by atoms with van der Waals surface area (Å²) in [6.07, 6.45) is 0.833. The molecule has 0 saturated heterocycles. The van der Waals surface area contributed by atoms with E-state index in [1.165, 1.54) is 24.3 Å². The van der Waals surface area contributed by atoms with Gasteiger partial charge in [0.05, 0.1) is 17.2 Å². The molecule has 7 nitrogen and oxygen atoms in total. The van der Waals surface area contributed by atoms with E-state index in [0.717, 1.165) is 6.42 Å². The predicted molar refractivity (Wildman–Crippen MR) is 94.5 cm³/mol. The van der Waals surface area contributed by atoms with Gasteiger partial charge in [-0.05, 0) is 36.8 Å². The number of nitrogens with zero attached hydrogens (tertiary/aromatic N) is 1. The third-order valence-electron chi connectivity index (χ3n) is 3.09.